The van der Waals surface area contributed by atoms with E-state index in [1.54, 1.807) is 0 Å². The second-order valence-electron chi connectivity index (χ2n) is 5.79. The van der Waals surface area contributed by atoms with Crippen molar-refractivity contribution in [2.24, 2.45) is 16.7 Å². The molecule has 0 aromatic heterocycles. The number of allylic oxidation sites excluding steroid dienone is 1. The van der Waals surface area contributed by atoms with E-state index in [9.17, 15) is 4.79 Å². The van der Waals surface area contributed by atoms with Crippen LogP contribution in [0.15, 0.2) is 12.2 Å². The van der Waals surface area contributed by atoms with Gasteiger partial charge in [0, 0.05) is 5.41 Å². The summed E-state index contributed by atoms with van der Waals surface area (Å²) in [5.41, 5.74) is 0.731. The molecule has 0 bridgehead atoms. The van der Waals surface area contributed by atoms with E-state index in [0.717, 1.165) is 24.7 Å². The first kappa shape index (κ1) is 14.4. The van der Waals surface area contributed by atoms with Crippen LogP contribution in [0.5, 0.6) is 0 Å². The van der Waals surface area contributed by atoms with E-state index in [-0.39, 0.29) is 10.8 Å². The minimum Gasteiger partial charge on any atom is -0.302 e. The Morgan fingerprint density at radius 1 is 1.33 bits per heavy atom. The molecule has 0 N–H and O–H groups in total. The van der Waals surface area contributed by atoms with Gasteiger partial charge in [0.2, 0.25) is 0 Å². The molecule has 15 heavy (non-hydrogen) atoms. The Morgan fingerprint density at radius 2 is 1.80 bits per heavy atom. The molecular formula is C14H26O. The van der Waals surface area contributed by atoms with Crippen molar-refractivity contribution < 1.29 is 4.79 Å². The second kappa shape index (κ2) is 4.96. The molecule has 0 aliphatic rings. The molecule has 1 nitrogen and oxygen atoms in total. The molecule has 0 saturated heterocycles. The molecule has 0 amide bonds. The molecule has 0 aliphatic carbocycles. The normalized spacial score (nSPS) is 16.2. The van der Waals surface area contributed by atoms with Crippen LogP contribution in [-0.4, -0.2) is 6.29 Å². The minimum absolute atomic E-state index is 0.000347. The average molecular weight is 210 g/mol. The van der Waals surface area contributed by atoms with Crippen molar-refractivity contribution in [1.82, 2.24) is 0 Å². The van der Waals surface area contributed by atoms with Crippen LogP contribution in [0, 0.1) is 16.7 Å². The average Bonchev–Trinajstić information content (AvgIpc) is 2.11. The molecule has 0 aliphatic heterocycles. The third-order valence-electron chi connectivity index (χ3n) is 3.37. The van der Waals surface area contributed by atoms with Gasteiger partial charge in [-0.05, 0) is 17.8 Å². The maximum absolute atomic E-state index is 11.5. The Morgan fingerprint density at radius 3 is 2.00 bits per heavy atom. The highest BCUT2D eigenvalue weighted by molar-refractivity contribution is 5.66. The molecule has 0 rings (SSSR count). The molecule has 0 radical (unpaired) electrons. The summed E-state index contributed by atoms with van der Waals surface area (Å²) < 4.78 is 0. The molecule has 1 unspecified atom stereocenters. The van der Waals surface area contributed by atoms with Gasteiger partial charge < -0.3 is 4.79 Å². The van der Waals surface area contributed by atoms with E-state index in [0.29, 0.717) is 5.92 Å². The van der Waals surface area contributed by atoms with Crippen molar-refractivity contribution in [2.75, 3.05) is 0 Å². The summed E-state index contributed by atoms with van der Waals surface area (Å²) in [4.78, 5) is 11.5. The predicted molar refractivity (Wildman–Crippen MR) is 66.8 cm³/mol. The van der Waals surface area contributed by atoms with Crippen LogP contribution in [-0.2, 0) is 4.79 Å². The molecule has 0 spiro atoms. The summed E-state index contributed by atoms with van der Waals surface area (Å²) in [5.74, 6) is 0.321. The van der Waals surface area contributed by atoms with Gasteiger partial charge in [-0.2, -0.15) is 0 Å². The molecule has 88 valence electrons. The number of carbonyl (C=O) groups excluding carboxylic acids is 1. The molecular weight excluding hydrogens is 184 g/mol. The number of hydrogen-bond acceptors (Lipinski definition) is 1. The van der Waals surface area contributed by atoms with Crippen molar-refractivity contribution >= 4 is 6.29 Å². The lowest BCUT2D eigenvalue weighted by molar-refractivity contribution is -0.117. The van der Waals surface area contributed by atoms with E-state index in [1.165, 1.54) is 0 Å². The van der Waals surface area contributed by atoms with Crippen molar-refractivity contribution in [3.8, 4) is 0 Å². The monoisotopic (exact) mass is 210 g/mol. The van der Waals surface area contributed by atoms with Gasteiger partial charge in [0.1, 0.15) is 6.29 Å². The van der Waals surface area contributed by atoms with Gasteiger partial charge in [-0.1, -0.05) is 60.1 Å². The molecule has 0 saturated carbocycles. The quantitative estimate of drug-likeness (QED) is 0.490. The maximum atomic E-state index is 11.5. The fraction of sp³-hybridized carbons (Fsp3) is 0.786. The molecule has 1 heteroatoms. The SMILES string of the molecule is C=C(C(C)(C)C)C(C=O)(CCC)C(C)C. The number of rotatable bonds is 5. The highest BCUT2D eigenvalue weighted by Crippen LogP contribution is 2.45. The first-order chi connectivity index (χ1) is 6.72. The largest absolute Gasteiger partial charge is 0.302 e. The Kier molecular flexibility index (Phi) is 4.76. The Bertz CT molecular complexity index is 232. The van der Waals surface area contributed by atoms with Crippen LogP contribution < -0.4 is 0 Å². The van der Waals surface area contributed by atoms with E-state index in [1.807, 2.05) is 0 Å². The number of hydrogen-bond donors (Lipinski definition) is 0. The van der Waals surface area contributed by atoms with Gasteiger partial charge in [-0.15, -0.1) is 0 Å². The number of carbonyl (C=O) groups is 1. The third-order valence-corrected chi connectivity index (χ3v) is 3.37. The van der Waals surface area contributed by atoms with E-state index < -0.39 is 0 Å². The van der Waals surface area contributed by atoms with Gasteiger partial charge in [-0.3, -0.25) is 0 Å². The molecule has 0 heterocycles. The lowest BCUT2D eigenvalue weighted by Gasteiger charge is -2.40. The Labute approximate surface area is 95.0 Å². The Balaban J connectivity index is 5.26. The van der Waals surface area contributed by atoms with Crippen LogP contribution in [0.3, 0.4) is 0 Å². The lowest BCUT2D eigenvalue weighted by Crippen LogP contribution is -2.36. The summed E-state index contributed by atoms with van der Waals surface area (Å²) in [6.45, 7) is 16.9. The molecule has 0 aromatic rings. The standard InChI is InChI=1S/C14H26O/c1-8-9-14(10-15,11(2)3)12(4)13(5,6)7/h10-11H,4,8-9H2,1-3,5-7H3. The van der Waals surface area contributed by atoms with E-state index in [4.69, 9.17) is 0 Å². The van der Waals surface area contributed by atoms with Crippen molar-refractivity contribution in [2.45, 2.75) is 54.4 Å². The van der Waals surface area contributed by atoms with Gasteiger partial charge in [0.05, 0.1) is 0 Å². The summed E-state index contributed by atoms with van der Waals surface area (Å²) in [6, 6.07) is 0. The number of aldehydes is 1. The molecule has 1 atom stereocenters. The van der Waals surface area contributed by atoms with Crippen molar-refractivity contribution in [1.29, 1.82) is 0 Å². The van der Waals surface area contributed by atoms with Gasteiger partial charge >= 0.3 is 0 Å². The minimum atomic E-state index is -0.340. The van der Waals surface area contributed by atoms with Gasteiger partial charge in [-0.25, -0.2) is 0 Å². The topological polar surface area (TPSA) is 17.1 Å². The highest BCUT2D eigenvalue weighted by atomic mass is 16.1. The van der Waals surface area contributed by atoms with Crippen LogP contribution in [0.4, 0.5) is 0 Å². The zero-order valence-electron chi connectivity index (χ0n) is 11.2. The second-order valence-corrected chi connectivity index (χ2v) is 5.79. The summed E-state index contributed by atoms with van der Waals surface area (Å²) in [7, 11) is 0. The zero-order chi connectivity index (χ0) is 12.3. The van der Waals surface area contributed by atoms with Crippen LogP contribution in [0.2, 0.25) is 0 Å². The van der Waals surface area contributed by atoms with Crippen molar-refractivity contribution in [3.63, 3.8) is 0 Å². The highest BCUT2D eigenvalue weighted by Gasteiger charge is 2.40. The smallest absolute Gasteiger partial charge is 0.130 e. The summed E-state index contributed by atoms with van der Waals surface area (Å²) in [5, 5.41) is 0. The van der Waals surface area contributed by atoms with E-state index >= 15 is 0 Å². The molecule has 0 aromatic carbocycles. The predicted octanol–water partition coefficient (Wildman–Crippen LogP) is 4.23. The van der Waals surface area contributed by atoms with Crippen LogP contribution in [0.25, 0.3) is 0 Å². The first-order valence-electron chi connectivity index (χ1n) is 5.88. The van der Waals surface area contributed by atoms with Crippen molar-refractivity contribution in [3.05, 3.63) is 12.2 Å². The van der Waals surface area contributed by atoms with Gasteiger partial charge in [0.25, 0.3) is 0 Å². The van der Waals surface area contributed by atoms with Crippen LogP contribution in [0.1, 0.15) is 54.4 Å². The third kappa shape index (κ3) is 2.93. The Hall–Kier alpha value is -0.590. The fourth-order valence-electron chi connectivity index (χ4n) is 2.17. The van der Waals surface area contributed by atoms with Gasteiger partial charge in [0.15, 0.2) is 0 Å². The fourth-order valence-corrected chi connectivity index (χ4v) is 2.17. The summed E-state index contributed by atoms with van der Waals surface area (Å²) >= 11 is 0. The maximum Gasteiger partial charge on any atom is 0.130 e. The summed E-state index contributed by atoms with van der Waals surface area (Å²) in [6.07, 6.45) is 3.05. The van der Waals surface area contributed by atoms with E-state index in [2.05, 4.69) is 48.1 Å². The first-order valence-corrected chi connectivity index (χ1v) is 5.88. The molecule has 0 fully saturated rings. The van der Waals surface area contributed by atoms with Crippen LogP contribution >= 0.6 is 0 Å². The zero-order valence-corrected chi connectivity index (χ0v) is 11.2. The lowest BCUT2D eigenvalue weighted by atomic mass is 9.63.